The summed E-state index contributed by atoms with van der Waals surface area (Å²) in [4.78, 5) is 27.2. The van der Waals surface area contributed by atoms with Gasteiger partial charge >= 0.3 is 6.09 Å². The minimum Gasteiger partial charge on any atom is -0.445 e. The highest BCUT2D eigenvalue weighted by molar-refractivity contribution is 7.80. The first kappa shape index (κ1) is 42.2. The van der Waals surface area contributed by atoms with E-state index in [9.17, 15) is 9.59 Å². The van der Waals surface area contributed by atoms with Crippen molar-refractivity contribution in [3.8, 4) is 0 Å². The number of rotatable bonds is 27. The molecule has 49 heavy (non-hydrogen) atoms. The van der Waals surface area contributed by atoms with Gasteiger partial charge in [-0.2, -0.15) is 0 Å². The number of ether oxygens (including phenoxy) is 1. The van der Waals surface area contributed by atoms with Crippen LogP contribution in [0.5, 0.6) is 0 Å². The molecule has 8 heteroatoms. The quantitative estimate of drug-likeness (QED) is 0.0493. The fourth-order valence-corrected chi connectivity index (χ4v) is 6.53. The Kier molecular flexibility index (Phi) is 22.3. The molecule has 2 aromatic rings. The van der Waals surface area contributed by atoms with Gasteiger partial charge in [0.2, 0.25) is 5.91 Å². The molecule has 3 N–H and O–H groups in total. The molecular weight excluding hydrogens is 629 g/mol. The third-order valence-corrected chi connectivity index (χ3v) is 10.1. The molecule has 0 saturated heterocycles. The molecule has 0 aliphatic heterocycles. The van der Waals surface area contributed by atoms with Gasteiger partial charge in [0.1, 0.15) is 19.2 Å². The number of hydrogen-bond donors (Lipinski definition) is 3. The monoisotopic (exact) mass is 695 g/mol. The first-order valence-corrected chi connectivity index (χ1v) is 19.7. The minimum absolute atomic E-state index is 0.149. The van der Waals surface area contributed by atoms with Crippen LogP contribution in [0.2, 0.25) is 0 Å². The largest absolute Gasteiger partial charge is 0.445 e. The third-order valence-electron chi connectivity index (χ3n) is 9.80. The Labute approximate surface area is 303 Å². The smallest absolute Gasteiger partial charge is 0.408 e. The maximum absolute atomic E-state index is 13.5. The van der Waals surface area contributed by atoms with Crippen molar-refractivity contribution in [2.75, 3.05) is 31.5 Å². The molecule has 0 aliphatic carbocycles. The zero-order valence-corrected chi connectivity index (χ0v) is 32.0. The second-order valence-corrected chi connectivity index (χ2v) is 14.0. The van der Waals surface area contributed by atoms with Crippen LogP contribution in [0.25, 0.3) is 0 Å². The fraction of sp³-hybridized carbons (Fsp3) is 0.634. The minimum atomic E-state index is -0.716. The van der Waals surface area contributed by atoms with E-state index in [1.807, 2.05) is 42.5 Å². The van der Waals surface area contributed by atoms with Crippen molar-refractivity contribution < 1.29 is 18.8 Å². The van der Waals surface area contributed by atoms with Crippen LogP contribution in [0.4, 0.5) is 10.5 Å². The molecule has 0 saturated carbocycles. The number of anilines is 1. The lowest BCUT2D eigenvalue weighted by Gasteiger charge is -2.36. The molecule has 7 nitrogen and oxygen atoms in total. The van der Waals surface area contributed by atoms with Gasteiger partial charge in [0.15, 0.2) is 0 Å². The third kappa shape index (κ3) is 18.6. The molecule has 0 aromatic heterocycles. The number of hydrogen-bond acceptors (Lipinski definition) is 4. The number of alkyl carbamates (subject to hydrolysis) is 1. The average molecular weight is 696 g/mol. The van der Waals surface area contributed by atoms with E-state index >= 15 is 0 Å². The van der Waals surface area contributed by atoms with Gasteiger partial charge in [0, 0.05) is 17.8 Å². The van der Waals surface area contributed by atoms with E-state index in [1.165, 1.54) is 69.8 Å². The van der Waals surface area contributed by atoms with E-state index in [0.29, 0.717) is 6.42 Å². The average Bonchev–Trinajstić information content (AvgIpc) is 3.12. The Bertz CT molecular complexity index is 1180. The molecule has 0 aliphatic rings. The topological polar surface area (TPSA) is 79.5 Å². The van der Waals surface area contributed by atoms with Gasteiger partial charge < -0.3 is 25.2 Å². The molecule has 2 amide bonds. The van der Waals surface area contributed by atoms with E-state index in [-0.39, 0.29) is 12.5 Å². The predicted octanol–water partition coefficient (Wildman–Crippen LogP) is 10.1. The second kappa shape index (κ2) is 25.9. The van der Waals surface area contributed by atoms with Crippen LogP contribution in [-0.2, 0) is 22.7 Å². The van der Waals surface area contributed by atoms with E-state index in [4.69, 9.17) is 17.0 Å². The highest BCUT2D eigenvalue weighted by atomic mass is 32.1. The number of nitrogens with zero attached hydrogens (tertiary/aromatic N) is 1. The van der Waals surface area contributed by atoms with E-state index in [2.05, 4.69) is 55.8 Å². The van der Waals surface area contributed by atoms with Crippen LogP contribution < -0.4 is 16.0 Å². The van der Waals surface area contributed by atoms with Gasteiger partial charge in [-0.15, -0.1) is 0 Å². The first-order valence-electron chi connectivity index (χ1n) is 19.3. The lowest BCUT2D eigenvalue weighted by atomic mass is 10.1. The molecule has 0 heterocycles. The number of thiocarbonyl (C=S) groups is 1. The van der Waals surface area contributed by atoms with Crippen LogP contribution in [0.1, 0.15) is 135 Å². The van der Waals surface area contributed by atoms with Gasteiger partial charge in [0.25, 0.3) is 0 Å². The Balaban J connectivity index is 1.80. The van der Waals surface area contributed by atoms with E-state index in [1.54, 1.807) is 0 Å². The second-order valence-electron chi connectivity index (χ2n) is 13.5. The molecule has 0 fully saturated rings. The lowest BCUT2D eigenvalue weighted by Crippen LogP contribution is -2.46. The molecular formula is C41H67N4O3S+. The lowest BCUT2D eigenvalue weighted by molar-refractivity contribution is -0.936. The summed E-state index contributed by atoms with van der Waals surface area (Å²) in [7, 11) is 0. The zero-order chi connectivity index (χ0) is 35.6. The Morgan fingerprint density at radius 1 is 0.735 bits per heavy atom. The summed E-state index contributed by atoms with van der Waals surface area (Å²) in [6, 6.07) is 16.9. The Morgan fingerprint density at radius 2 is 1.35 bits per heavy atom. The molecule has 0 unspecified atom stereocenters. The standard InChI is InChI=1S/C41H66N4O3S/c1-5-9-10-11-12-13-14-15-16-17-21-30-39(49)42-31-23-22-29-38(44-41(47)48-34-35-25-19-18-20-26-35)40(46)43-37-28-24-27-36(32-37)33-45(6-2,7-3)8-4/h18-20,24-28,32,38H,5-17,21-23,29-31,33-34H2,1-4H3,(H2-,42,43,44,46,47,49)/p+1/t38-/m0/s1. The highest BCUT2D eigenvalue weighted by Gasteiger charge is 2.23. The van der Waals surface area contributed by atoms with Gasteiger partial charge in [0.05, 0.1) is 24.6 Å². The van der Waals surface area contributed by atoms with Crippen LogP contribution in [0.3, 0.4) is 0 Å². The zero-order valence-electron chi connectivity index (χ0n) is 31.2. The van der Waals surface area contributed by atoms with Crippen molar-refractivity contribution in [2.24, 2.45) is 0 Å². The SMILES string of the molecule is CCCCCCCCCCCCCC(=S)NCCCC[C@H](NC(=O)OCc1ccccc1)C(=O)Nc1cccc(C[N+](CC)(CC)CC)c1. The summed E-state index contributed by atoms with van der Waals surface area (Å²) in [5, 5.41) is 9.29. The Hall–Kier alpha value is -2.97. The number of quaternary nitrogens is 1. The summed E-state index contributed by atoms with van der Waals surface area (Å²) in [5.74, 6) is -0.240. The molecule has 2 rings (SSSR count). The van der Waals surface area contributed by atoms with Crippen LogP contribution in [-0.4, -0.2) is 53.7 Å². The van der Waals surface area contributed by atoms with Crippen molar-refractivity contribution in [3.05, 3.63) is 65.7 Å². The fourth-order valence-electron chi connectivity index (χ4n) is 6.29. The highest BCUT2D eigenvalue weighted by Crippen LogP contribution is 2.19. The van der Waals surface area contributed by atoms with Crippen molar-refractivity contribution in [1.82, 2.24) is 10.6 Å². The maximum Gasteiger partial charge on any atom is 0.408 e. The van der Waals surface area contributed by atoms with Gasteiger partial charge in [-0.1, -0.05) is 126 Å². The number of nitrogens with one attached hydrogen (secondary N) is 3. The van der Waals surface area contributed by atoms with E-state index in [0.717, 1.165) is 79.1 Å². The number of benzene rings is 2. The summed E-state index contributed by atoms with van der Waals surface area (Å²) >= 11 is 5.58. The number of amides is 2. The summed E-state index contributed by atoms with van der Waals surface area (Å²) in [5.41, 5.74) is 2.82. The molecule has 0 radical (unpaired) electrons. The molecule has 0 spiro atoms. The van der Waals surface area contributed by atoms with E-state index < -0.39 is 12.1 Å². The number of carbonyl (C=O) groups excluding carboxylic acids is 2. The molecule has 1 atom stereocenters. The number of carbonyl (C=O) groups is 2. The van der Waals surface area contributed by atoms with Crippen molar-refractivity contribution >= 4 is 34.9 Å². The molecule has 0 bridgehead atoms. The maximum atomic E-state index is 13.5. The van der Waals surface area contributed by atoms with Crippen molar-refractivity contribution in [1.29, 1.82) is 0 Å². The van der Waals surface area contributed by atoms with Gasteiger partial charge in [-0.3, -0.25) is 4.79 Å². The summed E-state index contributed by atoms with van der Waals surface area (Å²) in [6.07, 6.45) is 17.0. The summed E-state index contributed by atoms with van der Waals surface area (Å²) < 4.78 is 6.45. The van der Waals surface area contributed by atoms with Crippen molar-refractivity contribution in [3.63, 3.8) is 0 Å². The predicted molar refractivity (Wildman–Crippen MR) is 210 cm³/mol. The first-order chi connectivity index (χ1) is 23.8. The summed E-state index contributed by atoms with van der Waals surface area (Å²) in [6.45, 7) is 13.9. The number of unbranched alkanes of at least 4 members (excludes halogenated alkanes) is 11. The normalized spacial score (nSPS) is 11.9. The molecule has 2 aromatic carbocycles. The van der Waals surface area contributed by atoms with Crippen molar-refractivity contribution in [2.45, 2.75) is 143 Å². The Morgan fingerprint density at radius 3 is 1.98 bits per heavy atom. The van der Waals surface area contributed by atoms with Gasteiger partial charge in [-0.05, 0) is 70.6 Å². The van der Waals surface area contributed by atoms with Crippen LogP contribution in [0, 0.1) is 0 Å². The van der Waals surface area contributed by atoms with Gasteiger partial charge in [-0.25, -0.2) is 4.79 Å². The molecule has 274 valence electrons. The van der Waals surface area contributed by atoms with Crippen LogP contribution >= 0.6 is 12.2 Å². The van der Waals surface area contributed by atoms with Crippen LogP contribution in [0.15, 0.2) is 54.6 Å².